The van der Waals surface area contributed by atoms with Gasteiger partial charge in [0.15, 0.2) is 0 Å². The first-order chi connectivity index (χ1) is 21.0. The molecule has 232 valence electrons. The third kappa shape index (κ3) is 9.10. The maximum atomic E-state index is 4.42. The number of benzene rings is 2. The summed E-state index contributed by atoms with van der Waals surface area (Å²) in [5.41, 5.74) is 8.57. The number of fused-ring (bicyclic) bond motifs is 4. The van der Waals surface area contributed by atoms with Gasteiger partial charge in [0.25, 0.3) is 0 Å². The van der Waals surface area contributed by atoms with E-state index in [1.165, 1.54) is 68.1 Å². The molecule has 8 rings (SSSR count). The third-order valence-corrected chi connectivity index (χ3v) is 9.96. The fourth-order valence-electron chi connectivity index (χ4n) is 4.97. The monoisotopic (exact) mass is 649 g/mol. The Labute approximate surface area is 279 Å². The molecule has 0 spiro atoms. The molecule has 1 N–H and O–H groups in total. The van der Waals surface area contributed by atoms with Gasteiger partial charge in [-0.25, -0.2) is 4.98 Å². The zero-order valence-electron chi connectivity index (χ0n) is 26.7. The van der Waals surface area contributed by atoms with E-state index in [0.29, 0.717) is 0 Å². The molecule has 3 nitrogen and oxygen atoms in total. The number of thiophene rings is 3. The fourth-order valence-corrected chi connectivity index (χ4v) is 7.78. The van der Waals surface area contributed by atoms with E-state index in [1.54, 1.807) is 22.7 Å². The zero-order chi connectivity index (χ0) is 31.4. The number of rotatable bonds is 0. The van der Waals surface area contributed by atoms with Crippen LogP contribution in [0.15, 0.2) is 85.1 Å². The molecule has 6 aromatic heterocycles. The Kier molecular flexibility index (Phi) is 11.3. The molecule has 0 amide bonds. The second-order valence-electron chi connectivity index (χ2n) is 11.4. The zero-order valence-corrected chi connectivity index (χ0v) is 29.2. The summed E-state index contributed by atoms with van der Waals surface area (Å²) in [7, 11) is 0. The second-order valence-corrected chi connectivity index (χ2v) is 15.2. The highest BCUT2D eigenvalue weighted by molar-refractivity contribution is 7.19. The fraction of sp³-hybridized carbons (Fsp3) is 0.231. The number of hydrogen-bond acceptors (Lipinski definition) is 5. The van der Waals surface area contributed by atoms with Gasteiger partial charge in [-0.15, -0.1) is 34.0 Å². The number of nitrogens with one attached hydrogen (secondary N) is 1. The van der Waals surface area contributed by atoms with Crippen molar-refractivity contribution in [3.63, 3.8) is 0 Å². The van der Waals surface area contributed by atoms with Gasteiger partial charge in [0.1, 0.15) is 4.83 Å². The van der Waals surface area contributed by atoms with E-state index in [9.17, 15) is 0 Å². The van der Waals surface area contributed by atoms with Gasteiger partial charge in [-0.2, -0.15) is 0 Å². The molecule has 0 unspecified atom stereocenters. The maximum absolute atomic E-state index is 4.42. The minimum atomic E-state index is 0. The number of H-pyrrole nitrogens is 1. The van der Waals surface area contributed by atoms with Crippen LogP contribution < -0.4 is 0 Å². The SMILES string of the molecule is C.Cc1ccc2[nH]c(C)cc2c1.Cc1ccc2cc(C)sc2n1.Cc1ccc2sc(C)cc2c1.Cc1cnc2cc(C)sc2c1. The Morgan fingerprint density at radius 2 is 1.18 bits per heavy atom. The van der Waals surface area contributed by atoms with E-state index in [1.807, 2.05) is 24.5 Å². The van der Waals surface area contributed by atoms with Gasteiger partial charge in [0, 0.05) is 47.8 Å². The van der Waals surface area contributed by atoms with E-state index in [2.05, 4.69) is 142 Å². The van der Waals surface area contributed by atoms with Crippen molar-refractivity contribution in [2.45, 2.75) is 62.8 Å². The Balaban J connectivity index is 0.000000136. The molecule has 0 saturated carbocycles. The van der Waals surface area contributed by atoms with Crippen molar-refractivity contribution >= 4 is 75.4 Å². The summed E-state index contributed by atoms with van der Waals surface area (Å²) < 4.78 is 2.69. The Hall–Kier alpha value is -3.84. The van der Waals surface area contributed by atoms with E-state index in [0.717, 1.165) is 16.0 Å². The summed E-state index contributed by atoms with van der Waals surface area (Å²) in [5, 5.41) is 3.95. The van der Waals surface area contributed by atoms with Gasteiger partial charge in [0.05, 0.1) is 10.2 Å². The molecule has 45 heavy (non-hydrogen) atoms. The molecule has 6 heteroatoms. The molecule has 0 aliphatic heterocycles. The summed E-state index contributed by atoms with van der Waals surface area (Å²) in [6.07, 6.45) is 1.91. The largest absolute Gasteiger partial charge is 0.359 e. The highest BCUT2D eigenvalue weighted by Gasteiger charge is 2.00. The molecule has 0 aliphatic rings. The van der Waals surface area contributed by atoms with Gasteiger partial charge in [-0.1, -0.05) is 42.8 Å². The number of aryl methyl sites for hydroxylation is 8. The Morgan fingerprint density at radius 1 is 0.533 bits per heavy atom. The van der Waals surface area contributed by atoms with Crippen molar-refractivity contribution in [1.29, 1.82) is 0 Å². The summed E-state index contributed by atoms with van der Waals surface area (Å²) in [6.45, 7) is 16.8. The maximum Gasteiger partial charge on any atom is 0.123 e. The normalized spacial score (nSPS) is 10.5. The molecule has 0 fully saturated rings. The van der Waals surface area contributed by atoms with Gasteiger partial charge < -0.3 is 4.98 Å². The first-order valence-corrected chi connectivity index (χ1v) is 17.2. The minimum Gasteiger partial charge on any atom is -0.359 e. The Morgan fingerprint density at radius 3 is 1.96 bits per heavy atom. The van der Waals surface area contributed by atoms with Crippen LogP contribution in [0.2, 0.25) is 0 Å². The third-order valence-electron chi connectivity index (χ3n) is 6.98. The quantitative estimate of drug-likeness (QED) is 0.178. The highest BCUT2D eigenvalue weighted by atomic mass is 32.1. The number of aromatic nitrogens is 3. The standard InChI is InChI=1S/C10H11N.C10H10S.2C9H9NS.CH4/c2*1-7-3-4-10-9(5-7)6-8(2)11-10;1-6-3-9-8(10-5-6)4-7(2)11-9;1-6-3-4-8-5-7(2)11-9(8)10-6;/h3-6,11H,1-2H3;3-6H,1-2H3;2*3-5H,1-2H3;1H4. The second kappa shape index (κ2) is 15.0. The molecule has 0 saturated heterocycles. The van der Waals surface area contributed by atoms with E-state index < -0.39 is 0 Å². The van der Waals surface area contributed by atoms with Crippen molar-refractivity contribution in [3.05, 3.63) is 128 Å². The van der Waals surface area contributed by atoms with Crippen LogP contribution in [0.5, 0.6) is 0 Å². The Bertz CT molecular complexity index is 1860. The predicted molar refractivity (Wildman–Crippen MR) is 204 cm³/mol. The average molecular weight is 650 g/mol. The van der Waals surface area contributed by atoms with Crippen LogP contribution in [0.25, 0.3) is 41.4 Å². The first-order valence-electron chi connectivity index (χ1n) is 14.7. The molecule has 0 radical (unpaired) electrons. The van der Waals surface area contributed by atoms with E-state index >= 15 is 0 Å². The van der Waals surface area contributed by atoms with Crippen LogP contribution >= 0.6 is 34.0 Å². The van der Waals surface area contributed by atoms with Crippen molar-refractivity contribution in [2.75, 3.05) is 0 Å². The van der Waals surface area contributed by atoms with Crippen molar-refractivity contribution in [2.24, 2.45) is 0 Å². The lowest BCUT2D eigenvalue weighted by Crippen LogP contribution is -1.75. The topological polar surface area (TPSA) is 41.6 Å². The van der Waals surface area contributed by atoms with Crippen LogP contribution in [0.1, 0.15) is 50.1 Å². The molecule has 0 aliphatic carbocycles. The average Bonchev–Trinajstić information content (AvgIpc) is 3.71. The van der Waals surface area contributed by atoms with Crippen LogP contribution in [0.4, 0.5) is 0 Å². The lowest BCUT2D eigenvalue weighted by molar-refractivity contribution is 1.27. The smallest absolute Gasteiger partial charge is 0.123 e. The summed E-state index contributed by atoms with van der Waals surface area (Å²) in [5.74, 6) is 0. The number of hydrogen-bond donors (Lipinski definition) is 1. The summed E-state index contributed by atoms with van der Waals surface area (Å²) >= 11 is 5.42. The molecule has 0 atom stereocenters. The van der Waals surface area contributed by atoms with Crippen LogP contribution in [0.3, 0.4) is 0 Å². The van der Waals surface area contributed by atoms with Gasteiger partial charge >= 0.3 is 0 Å². The molecule has 6 heterocycles. The van der Waals surface area contributed by atoms with Gasteiger partial charge in [-0.05, 0) is 126 Å². The molecule has 0 bridgehead atoms. The van der Waals surface area contributed by atoms with Crippen LogP contribution in [-0.2, 0) is 0 Å². The number of aromatic amines is 1. The van der Waals surface area contributed by atoms with Crippen LogP contribution in [0, 0.1) is 55.4 Å². The number of pyridine rings is 2. The highest BCUT2D eigenvalue weighted by Crippen LogP contribution is 2.26. The van der Waals surface area contributed by atoms with Gasteiger partial charge in [-0.3, -0.25) is 4.98 Å². The number of nitrogens with zero attached hydrogens (tertiary/aromatic N) is 2. The molecular formula is C39H43N3S3. The van der Waals surface area contributed by atoms with Crippen molar-refractivity contribution in [1.82, 2.24) is 15.0 Å². The van der Waals surface area contributed by atoms with Gasteiger partial charge in [0.2, 0.25) is 0 Å². The lowest BCUT2D eigenvalue weighted by atomic mass is 10.2. The molecule has 8 aromatic rings. The summed E-state index contributed by atoms with van der Waals surface area (Å²) in [6, 6.07) is 28.1. The molecule has 2 aromatic carbocycles. The van der Waals surface area contributed by atoms with E-state index in [4.69, 9.17) is 0 Å². The minimum absolute atomic E-state index is 0. The predicted octanol–water partition coefficient (Wildman–Crippen LogP) is 12.8. The van der Waals surface area contributed by atoms with Crippen molar-refractivity contribution < 1.29 is 0 Å². The summed E-state index contributed by atoms with van der Waals surface area (Å²) in [4.78, 5) is 17.2. The molecular weight excluding hydrogens is 607 g/mol. The van der Waals surface area contributed by atoms with Crippen molar-refractivity contribution in [3.8, 4) is 0 Å². The van der Waals surface area contributed by atoms with E-state index in [-0.39, 0.29) is 7.43 Å². The lowest BCUT2D eigenvalue weighted by Gasteiger charge is -1.90. The first kappa shape index (κ1) is 34.0. The van der Waals surface area contributed by atoms with Crippen LogP contribution in [-0.4, -0.2) is 15.0 Å².